The molecule has 1 fully saturated rings. The predicted molar refractivity (Wildman–Crippen MR) is 63.5 cm³/mol. The van der Waals surface area contributed by atoms with Crippen LogP contribution in [0.15, 0.2) is 0 Å². The lowest BCUT2D eigenvalue weighted by Gasteiger charge is -2.06. The first-order chi connectivity index (χ1) is 8.22. The molecule has 0 saturated heterocycles. The summed E-state index contributed by atoms with van der Waals surface area (Å²) in [7, 11) is 1.63. The molecule has 2 amide bonds. The van der Waals surface area contributed by atoms with E-state index in [2.05, 4.69) is 16.0 Å². The minimum atomic E-state index is -0.0969. The monoisotopic (exact) mass is 243 g/mol. The molecule has 0 unspecified atom stereocenters. The predicted octanol–water partition coefficient (Wildman–Crippen LogP) is -0.993. The molecule has 0 heterocycles. The zero-order chi connectivity index (χ0) is 12.5. The van der Waals surface area contributed by atoms with Crippen LogP contribution in [-0.2, 0) is 14.3 Å². The molecule has 0 radical (unpaired) electrons. The molecule has 0 aromatic heterocycles. The fourth-order valence-electron chi connectivity index (χ4n) is 1.30. The zero-order valence-electron chi connectivity index (χ0n) is 10.3. The minimum Gasteiger partial charge on any atom is -0.385 e. The quantitative estimate of drug-likeness (QED) is 0.454. The first-order valence-corrected chi connectivity index (χ1v) is 5.98. The molecule has 6 nitrogen and oxygen atoms in total. The molecule has 1 saturated carbocycles. The van der Waals surface area contributed by atoms with Crippen LogP contribution in [0.1, 0.15) is 19.3 Å². The van der Waals surface area contributed by atoms with Gasteiger partial charge in [-0.15, -0.1) is 0 Å². The van der Waals surface area contributed by atoms with Crippen LogP contribution in [0.2, 0.25) is 0 Å². The van der Waals surface area contributed by atoms with Crippen LogP contribution in [-0.4, -0.2) is 51.2 Å². The molecule has 1 aliphatic carbocycles. The highest BCUT2D eigenvalue weighted by atomic mass is 16.5. The number of nitrogens with one attached hydrogen (secondary N) is 3. The van der Waals surface area contributed by atoms with Gasteiger partial charge in [0.25, 0.3) is 0 Å². The van der Waals surface area contributed by atoms with Crippen LogP contribution in [0, 0.1) is 0 Å². The summed E-state index contributed by atoms with van der Waals surface area (Å²) in [4.78, 5) is 22.5. The number of hydrogen-bond acceptors (Lipinski definition) is 4. The van der Waals surface area contributed by atoms with Gasteiger partial charge in [0.05, 0.1) is 13.1 Å². The van der Waals surface area contributed by atoms with Gasteiger partial charge in [0, 0.05) is 26.3 Å². The van der Waals surface area contributed by atoms with Gasteiger partial charge in [-0.2, -0.15) is 0 Å². The summed E-state index contributed by atoms with van der Waals surface area (Å²) >= 11 is 0. The van der Waals surface area contributed by atoms with Gasteiger partial charge in [-0.3, -0.25) is 14.9 Å². The summed E-state index contributed by atoms with van der Waals surface area (Å²) in [5.41, 5.74) is 0. The highest BCUT2D eigenvalue weighted by Gasteiger charge is 2.22. The molecule has 17 heavy (non-hydrogen) atoms. The molecule has 0 aromatic carbocycles. The maximum absolute atomic E-state index is 11.3. The van der Waals surface area contributed by atoms with Crippen molar-refractivity contribution < 1.29 is 14.3 Å². The van der Waals surface area contributed by atoms with Crippen LogP contribution in [0.5, 0.6) is 0 Å². The summed E-state index contributed by atoms with van der Waals surface area (Å²) in [6.07, 6.45) is 2.95. The molecule has 6 heteroatoms. The van der Waals surface area contributed by atoms with Crippen molar-refractivity contribution in [1.29, 1.82) is 0 Å². The van der Waals surface area contributed by atoms with Gasteiger partial charge in [0.2, 0.25) is 11.8 Å². The van der Waals surface area contributed by atoms with E-state index in [1.165, 1.54) is 0 Å². The fourth-order valence-corrected chi connectivity index (χ4v) is 1.30. The Morgan fingerprint density at radius 3 is 2.59 bits per heavy atom. The number of carbonyl (C=O) groups is 2. The van der Waals surface area contributed by atoms with Crippen LogP contribution < -0.4 is 16.0 Å². The standard InChI is InChI=1S/C11H21N3O3/c1-17-6-2-5-13-10(15)7-12-8-11(16)14-9-3-4-9/h9,12H,2-8H2,1H3,(H,13,15)(H,14,16). The van der Waals surface area contributed by atoms with Crippen molar-refractivity contribution in [3.63, 3.8) is 0 Å². The van der Waals surface area contributed by atoms with E-state index in [9.17, 15) is 9.59 Å². The van der Waals surface area contributed by atoms with E-state index in [-0.39, 0.29) is 24.9 Å². The third-order valence-electron chi connectivity index (χ3n) is 2.36. The summed E-state index contributed by atoms with van der Waals surface area (Å²) in [5.74, 6) is -0.139. The number of rotatable bonds is 9. The van der Waals surface area contributed by atoms with E-state index in [0.717, 1.165) is 19.3 Å². The Balaban J connectivity index is 1.90. The Morgan fingerprint density at radius 2 is 1.94 bits per heavy atom. The first kappa shape index (κ1) is 13.9. The molecule has 0 atom stereocenters. The maximum Gasteiger partial charge on any atom is 0.234 e. The Hall–Kier alpha value is -1.14. The average molecular weight is 243 g/mol. The third-order valence-corrected chi connectivity index (χ3v) is 2.36. The fraction of sp³-hybridized carbons (Fsp3) is 0.818. The highest BCUT2D eigenvalue weighted by Crippen LogP contribution is 2.17. The minimum absolute atomic E-state index is 0.0420. The lowest BCUT2D eigenvalue weighted by atomic mass is 10.4. The normalized spacial score (nSPS) is 14.4. The number of ether oxygens (including phenoxy) is 1. The van der Waals surface area contributed by atoms with Crippen molar-refractivity contribution in [2.75, 3.05) is 33.4 Å². The SMILES string of the molecule is COCCCNC(=O)CNCC(=O)NC1CC1. The van der Waals surface area contributed by atoms with Gasteiger partial charge in [0.15, 0.2) is 0 Å². The van der Waals surface area contributed by atoms with Crippen molar-refractivity contribution in [1.82, 2.24) is 16.0 Å². The molecule has 0 bridgehead atoms. The first-order valence-electron chi connectivity index (χ1n) is 5.98. The van der Waals surface area contributed by atoms with Crippen LogP contribution in [0.3, 0.4) is 0 Å². The van der Waals surface area contributed by atoms with Crippen LogP contribution in [0.25, 0.3) is 0 Å². The Morgan fingerprint density at radius 1 is 1.24 bits per heavy atom. The molecule has 3 N–H and O–H groups in total. The van der Waals surface area contributed by atoms with E-state index in [1.807, 2.05) is 0 Å². The lowest BCUT2D eigenvalue weighted by Crippen LogP contribution is -2.40. The van der Waals surface area contributed by atoms with Crippen LogP contribution in [0.4, 0.5) is 0 Å². The van der Waals surface area contributed by atoms with E-state index in [4.69, 9.17) is 4.74 Å². The van der Waals surface area contributed by atoms with Crippen molar-refractivity contribution in [2.24, 2.45) is 0 Å². The van der Waals surface area contributed by atoms with Gasteiger partial charge in [0.1, 0.15) is 0 Å². The molecule has 0 spiro atoms. The molecule has 1 rings (SSSR count). The number of carbonyl (C=O) groups excluding carboxylic acids is 2. The highest BCUT2D eigenvalue weighted by molar-refractivity contribution is 5.81. The summed E-state index contributed by atoms with van der Waals surface area (Å²) in [6.45, 7) is 1.60. The topological polar surface area (TPSA) is 79.5 Å². The second-order valence-corrected chi connectivity index (χ2v) is 4.14. The van der Waals surface area contributed by atoms with Gasteiger partial charge in [-0.25, -0.2) is 0 Å². The second-order valence-electron chi connectivity index (χ2n) is 4.14. The van der Waals surface area contributed by atoms with Gasteiger partial charge in [-0.1, -0.05) is 0 Å². The van der Waals surface area contributed by atoms with E-state index in [0.29, 0.717) is 19.2 Å². The molecular weight excluding hydrogens is 222 g/mol. The Labute approximate surface area is 101 Å². The van der Waals surface area contributed by atoms with Crippen molar-refractivity contribution >= 4 is 11.8 Å². The number of amides is 2. The maximum atomic E-state index is 11.3. The van der Waals surface area contributed by atoms with Crippen molar-refractivity contribution in [3.8, 4) is 0 Å². The summed E-state index contributed by atoms with van der Waals surface area (Å²) < 4.78 is 4.86. The number of methoxy groups -OCH3 is 1. The van der Waals surface area contributed by atoms with Gasteiger partial charge < -0.3 is 15.4 Å². The van der Waals surface area contributed by atoms with Gasteiger partial charge in [-0.05, 0) is 19.3 Å². The molecule has 0 aliphatic heterocycles. The Kier molecular flexibility index (Phi) is 6.57. The second kappa shape index (κ2) is 8.03. The molecular formula is C11H21N3O3. The van der Waals surface area contributed by atoms with E-state index >= 15 is 0 Å². The Bertz CT molecular complexity index is 254. The summed E-state index contributed by atoms with van der Waals surface area (Å²) in [6, 6.07) is 0.368. The largest absolute Gasteiger partial charge is 0.385 e. The third kappa shape index (κ3) is 7.70. The van der Waals surface area contributed by atoms with Crippen LogP contribution >= 0.6 is 0 Å². The van der Waals surface area contributed by atoms with E-state index < -0.39 is 0 Å². The van der Waals surface area contributed by atoms with E-state index in [1.54, 1.807) is 7.11 Å². The molecule has 0 aromatic rings. The molecule has 98 valence electrons. The zero-order valence-corrected chi connectivity index (χ0v) is 10.3. The van der Waals surface area contributed by atoms with Crippen molar-refractivity contribution in [3.05, 3.63) is 0 Å². The van der Waals surface area contributed by atoms with Gasteiger partial charge >= 0.3 is 0 Å². The lowest BCUT2D eigenvalue weighted by molar-refractivity contribution is -0.121. The van der Waals surface area contributed by atoms with Crippen molar-refractivity contribution in [2.45, 2.75) is 25.3 Å². The number of hydrogen-bond donors (Lipinski definition) is 3. The molecule has 1 aliphatic rings. The average Bonchev–Trinajstić information content (AvgIpc) is 3.08. The smallest absolute Gasteiger partial charge is 0.234 e. The summed E-state index contributed by atoms with van der Waals surface area (Å²) in [5, 5.41) is 8.37.